The summed E-state index contributed by atoms with van der Waals surface area (Å²) in [7, 11) is 0. The highest BCUT2D eigenvalue weighted by atomic mass is 35.5. The maximum absolute atomic E-state index is 12.3. The fourth-order valence-corrected chi connectivity index (χ4v) is 3.62. The Labute approximate surface area is 167 Å². The van der Waals surface area contributed by atoms with Gasteiger partial charge in [-0.05, 0) is 19.9 Å². The molecule has 0 spiro atoms. The molecule has 0 saturated carbocycles. The van der Waals surface area contributed by atoms with Crippen LogP contribution in [0.25, 0.3) is 0 Å². The van der Waals surface area contributed by atoms with Crippen LogP contribution in [0.5, 0.6) is 0 Å². The lowest BCUT2D eigenvalue weighted by molar-refractivity contribution is -0.117. The van der Waals surface area contributed by atoms with Crippen molar-refractivity contribution >= 4 is 58.0 Å². The smallest absolute Gasteiger partial charge is 0.238 e. The Kier molecular flexibility index (Phi) is 7.25. The number of β-amino-alcohol motifs (C(OH)–C–C–N with tert-alkyl or cyclic N) is 1. The Hall–Kier alpha value is -0.270. The molecule has 0 radical (unpaired) electrons. The molecule has 1 aromatic carbocycles. The van der Waals surface area contributed by atoms with Crippen LogP contribution in [0, 0.1) is 0 Å². The zero-order chi connectivity index (χ0) is 18.8. The summed E-state index contributed by atoms with van der Waals surface area (Å²) >= 11 is 24.2. The Balaban J connectivity index is 1.90. The lowest BCUT2D eigenvalue weighted by Crippen LogP contribution is -2.51. The molecular formula is C16H21Cl4N3O2. The molecule has 25 heavy (non-hydrogen) atoms. The molecule has 0 aliphatic carbocycles. The number of hydrogen-bond acceptors (Lipinski definition) is 4. The lowest BCUT2D eigenvalue weighted by Gasteiger charge is -2.37. The minimum Gasteiger partial charge on any atom is -0.389 e. The molecule has 1 saturated heterocycles. The highest BCUT2D eigenvalue weighted by Crippen LogP contribution is 2.40. The van der Waals surface area contributed by atoms with Gasteiger partial charge in [0.05, 0.1) is 37.9 Å². The number of carbonyl (C=O) groups excluding carboxylic acids is 1. The molecule has 2 rings (SSSR count). The summed E-state index contributed by atoms with van der Waals surface area (Å²) in [4.78, 5) is 16.5. The monoisotopic (exact) mass is 427 g/mol. The number of amides is 1. The molecule has 0 aromatic heterocycles. The second-order valence-corrected chi connectivity index (χ2v) is 8.33. The van der Waals surface area contributed by atoms with Crippen LogP contribution in [0.4, 0.5) is 5.69 Å². The average molecular weight is 429 g/mol. The van der Waals surface area contributed by atoms with Gasteiger partial charge in [-0.3, -0.25) is 14.6 Å². The van der Waals surface area contributed by atoms with Gasteiger partial charge in [-0.2, -0.15) is 0 Å². The van der Waals surface area contributed by atoms with Gasteiger partial charge in [0.15, 0.2) is 0 Å². The highest BCUT2D eigenvalue weighted by molar-refractivity contribution is 6.50. The van der Waals surface area contributed by atoms with Crippen LogP contribution in [-0.4, -0.2) is 65.7 Å². The average Bonchev–Trinajstić information content (AvgIpc) is 2.50. The van der Waals surface area contributed by atoms with E-state index in [1.807, 2.05) is 4.90 Å². The van der Waals surface area contributed by atoms with Crippen LogP contribution in [-0.2, 0) is 4.79 Å². The second kappa shape index (κ2) is 8.61. The third kappa shape index (κ3) is 6.14. The topological polar surface area (TPSA) is 55.8 Å². The summed E-state index contributed by atoms with van der Waals surface area (Å²) in [6, 6.07) is 1.44. The molecule has 2 N–H and O–H groups in total. The number of hydrogen-bond donors (Lipinski definition) is 2. The number of nitrogens with zero attached hydrogens (tertiary/aromatic N) is 2. The summed E-state index contributed by atoms with van der Waals surface area (Å²) in [5, 5.41) is 13.4. The van der Waals surface area contributed by atoms with Crippen LogP contribution >= 0.6 is 46.4 Å². The van der Waals surface area contributed by atoms with Crippen molar-refractivity contribution in [2.45, 2.75) is 19.4 Å². The summed E-state index contributed by atoms with van der Waals surface area (Å²) in [6.07, 6.45) is 0. The first-order valence-corrected chi connectivity index (χ1v) is 9.38. The van der Waals surface area contributed by atoms with E-state index in [1.54, 1.807) is 13.8 Å². The van der Waals surface area contributed by atoms with E-state index in [4.69, 9.17) is 46.4 Å². The predicted molar refractivity (Wildman–Crippen MR) is 104 cm³/mol. The van der Waals surface area contributed by atoms with Gasteiger partial charge in [0.2, 0.25) is 5.91 Å². The predicted octanol–water partition coefficient (Wildman–Crippen LogP) is 3.63. The van der Waals surface area contributed by atoms with Crippen molar-refractivity contribution in [2.75, 3.05) is 44.6 Å². The number of carbonyl (C=O) groups is 1. The molecule has 140 valence electrons. The van der Waals surface area contributed by atoms with Crippen LogP contribution in [0.1, 0.15) is 13.8 Å². The van der Waals surface area contributed by atoms with Crippen molar-refractivity contribution < 1.29 is 9.90 Å². The molecule has 1 amide bonds. The van der Waals surface area contributed by atoms with Gasteiger partial charge < -0.3 is 10.4 Å². The SMILES string of the molecule is CC(C)(O)CN1CCN(CC(=O)Nc2c(Cl)c(Cl)cc(Cl)c2Cl)CC1. The van der Waals surface area contributed by atoms with E-state index in [2.05, 4.69) is 10.2 Å². The molecule has 0 atom stereocenters. The fraction of sp³-hybridized carbons (Fsp3) is 0.562. The number of rotatable bonds is 5. The zero-order valence-corrected chi connectivity index (χ0v) is 17.1. The maximum atomic E-state index is 12.3. The first-order chi connectivity index (χ1) is 11.6. The van der Waals surface area contributed by atoms with Gasteiger partial charge in [-0.15, -0.1) is 0 Å². The Bertz CT molecular complexity index is 615. The van der Waals surface area contributed by atoms with Gasteiger partial charge in [-0.1, -0.05) is 46.4 Å². The molecule has 1 fully saturated rings. The van der Waals surface area contributed by atoms with Gasteiger partial charge in [0.25, 0.3) is 0 Å². The van der Waals surface area contributed by atoms with Crippen molar-refractivity contribution in [3.05, 3.63) is 26.2 Å². The number of piperazine rings is 1. The van der Waals surface area contributed by atoms with E-state index >= 15 is 0 Å². The van der Waals surface area contributed by atoms with E-state index < -0.39 is 5.60 Å². The Morgan fingerprint density at radius 2 is 1.56 bits per heavy atom. The summed E-state index contributed by atoms with van der Waals surface area (Å²) in [6.45, 7) is 7.46. The van der Waals surface area contributed by atoms with E-state index in [-0.39, 0.29) is 38.2 Å². The summed E-state index contributed by atoms with van der Waals surface area (Å²) < 4.78 is 0. The lowest BCUT2D eigenvalue weighted by atomic mass is 10.1. The molecule has 1 heterocycles. The minimum atomic E-state index is -0.723. The van der Waals surface area contributed by atoms with Crippen LogP contribution in [0.2, 0.25) is 20.1 Å². The van der Waals surface area contributed by atoms with E-state index in [1.165, 1.54) is 6.07 Å². The van der Waals surface area contributed by atoms with Gasteiger partial charge in [0, 0.05) is 32.7 Å². The molecule has 1 aliphatic rings. The fourth-order valence-electron chi connectivity index (χ4n) is 2.72. The largest absolute Gasteiger partial charge is 0.389 e. The van der Waals surface area contributed by atoms with Crippen LogP contribution < -0.4 is 5.32 Å². The van der Waals surface area contributed by atoms with Crippen molar-refractivity contribution in [3.8, 4) is 0 Å². The number of halogens is 4. The quantitative estimate of drug-likeness (QED) is 0.703. The van der Waals surface area contributed by atoms with E-state index in [0.29, 0.717) is 6.54 Å². The molecular weight excluding hydrogens is 408 g/mol. The van der Waals surface area contributed by atoms with Crippen molar-refractivity contribution in [3.63, 3.8) is 0 Å². The number of aliphatic hydroxyl groups is 1. The van der Waals surface area contributed by atoms with Gasteiger partial charge in [0.1, 0.15) is 0 Å². The van der Waals surface area contributed by atoms with Gasteiger partial charge >= 0.3 is 0 Å². The van der Waals surface area contributed by atoms with E-state index in [0.717, 1.165) is 26.2 Å². The summed E-state index contributed by atoms with van der Waals surface area (Å²) in [5.41, 5.74) is -0.495. The maximum Gasteiger partial charge on any atom is 0.238 e. The molecule has 5 nitrogen and oxygen atoms in total. The van der Waals surface area contributed by atoms with Crippen LogP contribution in [0.3, 0.4) is 0 Å². The third-order valence-electron chi connectivity index (χ3n) is 3.82. The second-order valence-electron chi connectivity index (χ2n) is 6.76. The van der Waals surface area contributed by atoms with Gasteiger partial charge in [-0.25, -0.2) is 0 Å². The zero-order valence-electron chi connectivity index (χ0n) is 14.1. The standard InChI is InChI=1S/C16H21Cl4N3O2/c1-16(2,25)9-23-5-3-22(4-6-23)8-12(24)21-15-13(19)10(17)7-11(18)14(15)20/h7,25H,3-6,8-9H2,1-2H3,(H,21,24). The molecule has 1 aromatic rings. The van der Waals surface area contributed by atoms with Crippen molar-refractivity contribution in [2.24, 2.45) is 0 Å². The minimum absolute atomic E-state index is 0.166. The van der Waals surface area contributed by atoms with Crippen molar-refractivity contribution in [1.82, 2.24) is 9.80 Å². The van der Waals surface area contributed by atoms with Crippen LogP contribution in [0.15, 0.2) is 6.07 Å². The molecule has 1 aliphatic heterocycles. The number of nitrogens with one attached hydrogen (secondary N) is 1. The molecule has 9 heteroatoms. The number of anilines is 1. The van der Waals surface area contributed by atoms with Crippen molar-refractivity contribution in [1.29, 1.82) is 0 Å². The molecule has 0 bridgehead atoms. The third-order valence-corrected chi connectivity index (χ3v) is 5.39. The summed E-state index contributed by atoms with van der Waals surface area (Å²) in [5.74, 6) is -0.238. The normalized spacial score (nSPS) is 16.9. The molecule has 0 unspecified atom stereocenters. The Morgan fingerprint density at radius 3 is 2.04 bits per heavy atom. The van der Waals surface area contributed by atoms with E-state index in [9.17, 15) is 9.90 Å². The number of benzene rings is 1. The first kappa shape index (κ1) is 21.0. The Morgan fingerprint density at radius 1 is 1.08 bits per heavy atom. The first-order valence-electron chi connectivity index (χ1n) is 7.87. The highest BCUT2D eigenvalue weighted by Gasteiger charge is 2.24.